The Hall–Kier alpha value is -2.57. The number of fused-ring (bicyclic) bond motifs is 1. The molecule has 7 nitrogen and oxygen atoms in total. The molecular weight excluding hydrogens is 334 g/mol. The van der Waals surface area contributed by atoms with E-state index in [9.17, 15) is 14.4 Å². The lowest BCUT2D eigenvalue weighted by Crippen LogP contribution is -2.55. The zero-order valence-electron chi connectivity index (χ0n) is 16.2. The highest BCUT2D eigenvalue weighted by atomic mass is 16.5. The zero-order valence-corrected chi connectivity index (χ0v) is 16.2. The first-order valence-corrected chi connectivity index (χ1v) is 8.76. The zero-order chi connectivity index (χ0) is 19.6. The fourth-order valence-electron chi connectivity index (χ4n) is 2.72. The molecule has 0 spiro atoms. The van der Waals surface area contributed by atoms with Gasteiger partial charge < -0.3 is 15.4 Å². The van der Waals surface area contributed by atoms with Gasteiger partial charge in [0.05, 0.1) is 5.69 Å². The van der Waals surface area contributed by atoms with Gasteiger partial charge >= 0.3 is 0 Å². The van der Waals surface area contributed by atoms with Crippen LogP contribution in [0, 0.1) is 0 Å². The van der Waals surface area contributed by atoms with E-state index >= 15 is 0 Å². The van der Waals surface area contributed by atoms with Crippen molar-refractivity contribution >= 4 is 23.4 Å². The van der Waals surface area contributed by atoms with E-state index < -0.39 is 5.60 Å². The Morgan fingerprint density at radius 1 is 1.12 bits per heavy atom. The lowest BCUT2D eigenvalue weighted by molar-refractivity contribution is -0.134. The molecule has 142 valence electrons. The van der Waals surface area contributed by atoms with Crippen LogP contribution in [0.5, 0.6) is 5.75 Å². The van der Waals surface area contributed by atoms with Crippen LogP contribution in [0.1, 0.15) is 51.9 Å². The number of amides is 3. The van der Waals surface area contributed by atoms with Crippen molar-refractivity contribution in [2.75, 3.05) is 11.4 Å². The van der Waals surface area contributed by atoms with Gasteiger partial charge in [-0.25, -0.2) is 0 Å². The summed E-state index contributed by atoms with van der Waals surface area (Å²) < 4.78 is 5.79. The van der Waals surface area contributed by atoms with Gasteiger partial charge in [-0.3, -0.25) is 19.3 Å². The number of hydrogen-bond acceptors (Lipinski definition) is 4. The summed E-state index contributed by atoms with van der Waals surface area (Å²) in [5.41, 5.74) is -0.264. The highest BCUT2D eigenvalue weighted by molar-refractivity contribution is 6.07. The number of anilines is 1. The summed E-state index contributed by atoms with van der Waals surface area (Å²) in [7, 11) is 0. The third-order valence-electron chi connectivity index (χ3n) is 3.81. The second-order valence-electron chi connectivity index (χ2n) is 7.54. The fraction of sp³-hybridized carbons (Fsp3) is 0.526. The van der Waals surface area contributed by atoms with Gasteiger partial charge in [0.15, 0.2) is 5.60 Å². The summed E-state index contributed by atoms with van der Waals surface area (Å²) in [5.74, 6) is -0.376. The van der Waals surface area contributed by atoms with Crippen molar-refractivity contribution in [2.24, 2.45) is 0 Å². The Balaban J connectivity index is 2.40. The monoisotopic (exact) mass is 361 g/mol. The standard InChI is InChI=1S/C19H27N3O4/c1-11(2)20-16(23)10-22-14-9-13(17(24)21-12(3)4)7-8-15(14)26-19(5,6)18(22)25/h7-9,11-12H,10H2,1-6H3,(H,20,23)(H,21,24). The molecule has 0 saturated heterocycles. The lowest BCUT2D eigenvalue weighted by Gasteiger charge is -2.38. The molecule has 0 radical (unpaired) electrons. The lowest BCUT2D eigenvalue weighted by atomic mass is 10.0. The molecule has 1 heterocycles. The smallest absolute Gasteiger partial charge is 0.271 e. The van der Waals surface area contributed by atoms with E-state index in [0.717, 1.165) is 0 Å². The summed E-state index contributed by atoms with van der Waals surface area (Å²) in [6, 6.07) is 4.85. The quantitative estimate of drug-likeness (QED) is 0.838. The normalized spacial score (nSPS) is 15.5. The van der Waals surface area contributed by atoms with E-state index in [1.807, 2.05) is 27.7 Å². The molecule has 1 aromatic carbocycles. The predicted molar refractivity (Wildman–Crippen MR) is 99.4 cm³/mol. The maximum atomic E-state index is 12.8. The SMILES string of the molecule is CC(C)NC(=O)CN1C(=O)C(C)(C)Oc2ccc(C(=O)NC(C)C)cc21. The Labute approximate surface area is 154 Å². The number of ether oxygens (including phenoxy) is 1. The van der Waals surface area contributed by atoms with Crippen LogP contribution in [-0.4, -0.2) is 42.0 Å². The van der Waals surface area contributed by atoms with Gasteiger partial charge in [0, 0.05) is 17.6 Å². The van der Waals surface area contributed by atoms with Crippen molar-refractivity contribution in [3.8, 4) is 5.75 Å². The second kappa shape index (κ2) is 7.35. The molecule has 1 aromatic rings. The van der Waals surface area contributed by atoms with Gasteiger partial charge in [-0.15, -0.1) is 0 Å². The maximum absolute atomic E-state index is 12.8. The largest absolute Gasteiger partial charge is 0.476 e. The Morgan fingerprint density at radius 3 is 2.31 bits per heavy atom. The average Bonchev–Trinajstić information content (AvgIpc) is 2.49. The number of rotatable bonds is 5. The number of nitrogens with one attached hydrogen (secondary N) is 2. The molecule has 1 aliphatic heterocycles. The predicted octanol–water partition coefficient (Wildman–Crippen LogP) is 1.85. The molecule has 0 aliphatic carbocycles. The van der Waals surface area contributed by atoms with Crippen LogP contribution in [0.3, 0.4) is 0 Å². The highest BCUT2D eigenvalue weighted by Crippen LogP contribution is 2.38. The van der Waals surface area contributed by atoms with E-state index in [4.69, 9.17) is 4.74 Å². The number of carbonyl (C=O) groups excluding carboxylic acids is 3. The van der Waals surface area contributed by atoms with E-state index in [1.54, 1.807) is 32.0 Å². The Morgan fingerprint density at radius 2 is 1.73 bits per heavy atom. The maximum Gasteiger partial charge on any atom is 0.271 e. The van der Waals surface area contributed by atoms with Crippen LogP contribution in [0.2, 0.25) is 0 Å². The average molecular weight is 361 g/mol. The Kier molecular flexibility index (Phi) is 5.59. The molecular formula is C19H27N3O4. The molecule has 26 heavy (non-hydrogen) atoms. The first kappa shape index (κ1) is 19.8. The second-order valence-corrected chi connectivity index (χ2v) is 7.54. The third kappa shape index (κ3) is 4.33. The molecule has 7 heteroatoms. The van der Waals surface area contributed by atoms with Crippen LogP contribution in [0.25, 0.3) is 0 Å². The molecule has 1 aliphatic rings. The molecule has 0 aromatic heterocycles. The van der Waals surface area contributed by atoms with Gasteiger partial charge in [0.1, 0.15) is 12.3 Å². The van der Waals surface area contributed by atoms with Crippen molar-refractivity contribution < 1.29 is 19.1 Å². The molecule has 0 fully saturated rings. The fourth-order valence-corrected chi connectivity index (χ4v) is 2.72. The molecule has 0 saturated carbocycles. The van der Waals surface area contributed by atoms with Gasteiger partial charge in [-0.05, 0) is 59.7 Å². The van der Waals surface area contributed by atoms with E-state index in [-0.39, 0.29) is 36.3 Å². The molecule has 3 amide bonds. The topological polar surface area (TPSA) is 87.7 Å². The van der Waals surface area contributed by atoms with Crippen molar-refractivity contribution in [3.05, 3.63) is 23.8 Å². The van der Waals surface area contributed by atoms with Crippen LogP contribution < -0.4 is 20.3 Å². The number of nitrogens with zero attached hydrogens (tertiary/aromatic N) is 1. The summed E-state index contributed by atoms with van der Waals surface area (Å²) >= 11 is 0. The first-order valence-electron chi connectivity index (χ1n) is 8.76. The van der Waals surface area contributed by atoms with Crippen molar-refractivity contribution in [1.82, 2.24) is 10.6 Å². The van der Waals surface area contributed by atoms with Gasteiger partial charge in [0.25, 0.3) is 11.8 Å². The van der Waals surface area contributed by atoms with Crippen LogP contribution in [0.15, 0.2) is 18.2 Å². The van der Waals surface area contributed by atoms with Gasteiger partial charge in [0.2, 0.25) is 5.91 Å². The van der Waals surface area contributed by atoms with E-state index in [1.165, 1.54) is 4.90 Å². The van der Waals surface area contributed by atoms with Crippen molar-refractivity contribution in [2.45, 2.75) is 59.2 Å². The summed E-state index contributed by atoms with van der Waals surface area (Å²) in [6.07, 6.45) is 0. The minimum Gasteiger partial charge on any atom is -0.476 e. The minimum absolute atomic E-state index is 0.0109. The van der Waals surface area contributed by atoms with Crippen LogP contribution >= 0.6 is 0 Å². The number of benzene rings is 1. The van der Waals surface area contributed by atoms with E-state index in [0.29, 0.717) is 17.0 Å². The van der Waals surface area contributed by atoms with Crippen LogP contribution in [-0.2, 0) is 9.59 Å². The summed E-state index contributed by atoms with van der Waals surface area (Å²) in [4.78, 5) is 38.7. The van der Waals surface area contributed by atoms with Gasteiger partial charge in [-0.1, -0.05) is 0 Å². The summed E-state index contributed by atoms with van der Waals surface area (Å²) in [5, 5.41) is 5.59. The van der Waals surface area contributed by atoms with Gasteiger partial charge in [-0.2, -0.15) is 0 Å². The molecule has 0 bridgehead atoms. The van der Waals surface area contributed by atoms with Crippen molar-refractivity contribution in [1.29, 1.82) is 0 Å². The van der Waals surface area contributed by atoms with E-state index in [2.05, 4.69) is 10.6 Å². The third-order valence-corrected chi connectivity index (χ3v) is 3.81. The Bertz CT molecular complexity index is 725. The number of carbonyl (C=O) groups is 3. The molecule has 0 unspecified atom stereocenters. The first-order chi connectivity index (χ1) is 12.0. The molecule has 2 rings (SSSR count). The highest BCUT2D eigenvalue weighted by Gasteiger charge is 2.41. The number of hydrogen-bond donors (Lipinski definition) is 2. The van der Waals surface area contributed by atoms with Crippen molar-refractivity contribution in [3.63, 3.8) is 0 Å². The molecule has 2 N–H and O–H groups in total. The summed E-state index contributed by atoms with van der Waals surface area (Å²) in [6.45, 7) is 10.6. The van der Waals surface area contributed by atoms with Crippen LogP contribution in [0.4, 0.5) is 5.69 Å². The minimum atomic E-state index is -1.09. The molecule has 0 atom stereocenters.